The number of para-hydroxylation sites is 1. The van der Waals surface area contributed by atoms with Crippen LogP contribution >= 0.6 is 0 Å². The Balaban J connectivity index is 1.38. The van der Waals surface area contributed by atoms with Crippen molar-refractivity contribution in [2.75, 3.05) is 18.5 Å². The minimum absolute atomic E-state index is 0.0608. The maximum Gasteiger partial charge on any atom is 0.254 e. The van der Waals surface area contributed by atoms with Crippen LogP contribution in [0.15, 0.2) is 54.6 Å². The van der Waals surface area contributed by atoms with Gasteiger partial charge in [0.05, 0.1) is 18.3 Å². The van der Waals surface area contributed by atoms with E-state index < -0.39 is 0 Å². The van der Waals surface area contributed by atoms with Crippen LogP contribution in [-0.2, 0) is 11.2 Å². The summed E-state index contributed by atoms with van der Waals surface area (Å²) in [6.45, 7) is 2.42. The maximum atomic E-state index is 13.7. The van der Waals surface area contributed by atoms with Gasteiger partial charge in [-0.25, -0.2) is 4.39 Å². The number of halogens is 1. The Morgan fingerprint density at radius 1 is 1.22 bits per heavy atom. The number of nitrogens with one attached hydrogen (secondary N) is 2. The lowest BCUT2D eigenvalue weighted by Crippen LogP contribution is -2.30. The first kappa shape index (κ1) is 21.5. The van der Waals surface area contributed by atoms with E-state index in [2.05, 4.69) is 15.5 Å². The van der Waals surface area contributed by atoms with Crippen molar-refractivity contribution in [3.8, 4) is 5.75 Å². The molecule has 0 spiro atoms. The summed E-state index contributed by atoms with van der Waals surface area (Å²) >= 11 is 0. The number of likely N-dealkylation sites (tertiary alicyclic amines) is 1. The quantitative estimate of drug-likeness (QED) is 0.584. The molecule has 166 valence electrons. The summed E-state index contributed by atoms with van der Waals surface area (Å²) < 4.78 is 19.2. The van der Waals surface area contributed by atoms with E-state index in [0.717, 1.165) is 24.2 Å². The van der Waals surface area contributed by atoms with Crippen LogP contribution in [0.3, 0.4) is 0 Å². The van der Waals surface area contributed by atoms with Crippen LogP contribution in [0.5, 0.6) is 5.75 Å². The van der Waals surface area contributed by atoms with Gasteiger partial charge in [-0.1, -0.05) is 12.1 Å². The topological polar surface area (TPSA) is 87.3 Å². The van der Waals surface area contributed by atoms with Gasteiger partial charge in [0.15, 0.2) is 11.6 Å². The summed E-state index contributed by atoms with van der Waals surface area (Å²) in [6.07, 6.45) is 2.29. The Bertz CT molecular complexity index is 1100. The number of aromatic amines is 1. The molecule has 32 heavy (non-hydrogen) atoms. The number of benzene rings is 2. The fourth-order valence-electron chi connectivity index (χ4n) is 3.89. The van der Waals surface area contributed by atoms with E-state index in [0.29, 0.717) is 30.8 Å². The second-order valence-corrected chi connectivity index (χ2v) is 7.76. The average molecular weight is 436 g/mol. The Morgan fingerprint density at radius 2 is 2.00 bits per heavy atom. The molecule has 3 aromatic rings. The summed E-state index contributed by atoms with van der Waals surface area (Å²) in [5, 5.41) is 10.1. The number of nitrogens with zero attached hydrogens (tertiary/aromatic N) is 2. The molecule has 0 saturated carbocycles. The van der Waals surface area contributed by atoms with E-state index in [1.807, 2.05) is 11.0 Å². The Labute approximate surface area is 185 Å². The molecule has 1 saturated heterocycles. The average Bonchev–Trinajstić information content (AvgIpc) is 3.44. The van der Waals surface area contributed by atoms with Crippen molar-refractivity contribution in [2.24, 2.45) is 0 Å². The minimum Gasteiger partial charge on any atom is -0.490 e. The number of carbonyl (C=O) groups excluding carboxylic acids is 2. The van der Waals surface area contributed by atoms with Gasteiger partial charge in [0, 0.05) is 36.8 Å². The van der Waals surface area contributed by atoms with Gasteiger partial charge in [-0.15, -0.1) is 0 Å². The van der Waals surface area contributed by atoms with Crippen molar-refractivity contribution in [1.82, 2.24) is 15.1 Å². The Morgan fingerprint density at radius 3 is 2.75 bits per heavy atom. The molecule has 2 N–H and O–H groups in total. The normalized spacial score (nSPS) is 15.6. The molecule has 1 aliphatic rings. The number of ether oxygens (including phenoxy) is 1. The molecule has 0 radical (unpaired) electrons. The number of carbonyl (C=O) groups is 2. The molecule has 2 amide bonds. The van der Waals surface area contributed by atoms with Crippen LogP contribution in [-0.4, -0.2) is 40.1 Å². The highest BCUT2D eigenvalue weighted by Gasteiger charge is 2.32. The standard InChI is InChI=1S/C24H25FN4O3/c1-16(30)26-18-10-8-17(9-11-18)24(31)29-13-4-6-22(29)21-15-19(27-28-21)12-14-32-23-7-3-2-5-20(23)25/h2-3,5,7-11,15,22H,4,6,12-14H2,1H3,(H,26,30)(H,27,28)/t22-/m1/s1. The van der Waals surface area contributed by atoms with Gasteiger partial charge in [0.25, 0.3) is 5.91 Å². The van der Waals surface area contributed by atoms with Crippen molar-refractivity contribution in [3.05, 3.63) is 77.4 Å². The zero-order chi connectivity index (χ0) is 22.5. The van der Waals surface area contributed by atoms with Crippen molar-refractivity contribution >= 4 is 17.5 Å². The summed E-state index contributed by atoms with van der Waals surface area (Å²) in [4.78, 5) is 26.1. The SMILES string of the molecule is CC(=O)Nc1ccc(C(=O)N2CCC[C@@H]2c2cc(CCOc3ccccc3F)[nH]n2)cc1. The highest BCUT2D eigenvalue weighted by molar-refractivity contribution is 5.95. The van der Waals surface area contributed by atoms with E-state index in [1.165, 1.54) is 13.0 Å². The number of amides is 2. The number of H-pyrrole nitrogens is 1. The highest BCUT2D eigenvalue weighted by Crippen LogP contribution is 2.32. The second-order valence-electron chi connectivity index (χ2n) is 7.76. The third-order valence-corrected chi connectivity index (χ3v) is 5.42. The third kappa shape index (κ3) is 4.96. The number of hydrogen-bond acceptors (Lipinski definition) is 4. The van der Waals surface area contributed by atoms with Crippen molar-refractivity contribution in [2.45, 2.75) is 32.2 Å². The molecule has 2 aromatic carbocycles. The van der Waals surface area contributed by atoms with Gasteiger partial charge in [-0.2, -0.15) is 5.10 Å². The molecule has 8 heteroatoms. The van der Waals surface area contributed by atoms with Crippen LogP contribution < -0.4 is 10.1 Å². The first-order valence-corrected chi connectivity index (χ1v) is 10.6. The number of rotatable bonds is 7. The zero-order valence-corrected chi connectivity index (χ0v) is 17.8. The number of anilines is 1. The van der Waals surface area contributed by atoms with Gasteiger partial charge < -0.3 is 15.0 Å². The number of aromatic nitrogens is 2. The maximum absolute atomic E-state index is 13.7. The second kappa shape index (κ2) is 9.64. The molecule has 0 unspecified atom stereocenters. The molecule has 1 aromatic heterocycles. The van der Waals surface area contributed by atoms with E-state index in [-0.39, 0.29) is 29.4 Å². The van der Waals surface area contributed by atoms with Crippen LogP contribution in [0.4, 0.5) is 10.1 Å². The Kier molecular flexibility index (Phi) is 6.49. The van der Waals surface area contributed by atoms with Crippen molar-refractivity contribution < 1.29 is 18.7 Å². The lowest BCUT2D eigenvalue weighted by Gasteiger charge is -2.23. The summed E-state index contributed by atoms with van der Waals surface area (Å²) in [7, 11) is 0. The van der Waals surface area contributed by atoms with E-state index in [4.69, 9.17) is 4.74 Å². The largest absolute Gasteiger partial charge is 0.490 e. The van der Waals surface area contributed by atoms with Gasteiger partial charge in [-0.05, 0) is 55.3 Å². The third-order valence-electron chi connectivity index (χ3n) is 5.42. The molecule has 1 fully saturated rings. The molecule has 1 aliphatic heterocycles. The van der Waals surface area contributed by atoms with Gasteiger partial charge in [0.2, 0.25) is 5.91 Å². The highest BCUT2D eigenvalue weighted by atomic mass is 19.1. The van der Waals surface area contributed by atoms with Gasteiger partial charge in [0.1, 0.15) is 0 Å². The number of hydrogen-bond donors (Lipinski definition) is 2. The predicted molar refractivity (Wildman–Crippen MR) is 118 cm³/mol. The summed E-state index contributed by atoms with van der Waals surface area (Å²) in [5.74, 6) is -0.376. The lowest BCUT2D eigenvalue weighted by atomic mass is 10.1. The smallest absolute Gasteiger partial charge is 0.254 e. The van der Waals surface area contributed by atoms with Crippen LogP contribution in [0.2, 0.25) is 0 Å². The van der Waals surface area contributed by atoms with E-state index in [9.17, 15) is 14.0 Å². The van der Waals surface area contributed by atoms with Gasteiger partial charge >= 0.3 is 0 Å². The molecule has 2 heterocycles. The fourth-order valence-corrected chi connectivity index (χ4v) is 3.89. The van der Waals surface area contributed by atoms with Crippen molar-refractivity contribution in [1.29, 1.82) is 0 Å². The zero-order valence-electron chi connectivity index (χ0n) is 17.8. The molecular formula is C24H25FN4O3. The van der Waals surface area contributed by atoms with Crippen LogP contribution in [0.25, 0.3) is 0 Å². The van der Waals surface area contributed by atoms with Gasteiger partial charge in [-0.3, -0.25) is 14.7 Å². The molecule has 0 bridgehead atoms. The Hall–Kier alpha value is -3.68. The molecular weight excluding hydrogens is 411 g/mol. The molecule has 1 atom stereocenters. The lowest BCUT2D eigenvalue weighted by molar-refractivity contribution is -0.114. The molecule has 7 nitrogen and oxygen atoms in total. The summed E-state index contributed by atoms with van der Waals surface area (Å²) in [5.41, 5.74) is 2.91. The van der Waals surface area contributed by atoms with E-state index >= 15 is 0 Å². The van der Waals surface area contributed by atoms with E-state index in [1.54, 1.807) is 42.5 Å². The minimum atomic E-state index is -0.386. The fraction of sp³-hybridized carbons (Fsp3) is 0.292. The summed E-state index contributed by atoms with van der Waals surface area (Å²) in [6, 6.07) is 15.0. The van der Waals surface area contributed by atoms with Crippen LogP contribution in [0, 0.1) is 5.82 Å². The van der Waals surface area contributed by atoms with Crippen molar-refractivity contribution in [3.63, 3.8) is 0 Å². The monoisotopic (exact) mass is 436 g/mol. The molecule has 4 rings (SSSR count). The first-order valence-electron chi connectivity index (χ1n) is 10.6. The van der Waals surface area contributed by atoms with Crippen LogP contribution in [0.1, 0.15) is 47.6 Å². The molecule has 0 aliphatic carbocycles. The predicted octanol–water partition coefficient (Wildman–Crippen LogP) is 4.11. The first-order chi connectivity index (χ1) is 15.5.